The molecule has 0 bridgehead atoms. The Morgan fingerprint density at radius 1 is 1.33 bits per heavy atom. The Morgan fingerprint density at radius 3 is 2.94 bits per heavy atom. The summed E-state index contributed by atoms with van der Waals surface area (Å²) in [5, 5.41) is 0. The van der Waals surface area contributed by atoms with E-state index < -0.39 is 0 Å². The first-order valence-electron chi connectivity index (χ1n) is 6.49. The molecule has 18 heavy (non-hydrogen) atoms. The van der Waals surface area contributed by atoms with Crippen molar-refractivity contribution in [2.75, 3.05) is 0 Å². The molecule has 1 aliphatic carbocycles. The number of pyridine rings is 1. The summed E-state index contributed by atoms with van der Waals surface area (Å²) in [4.78, 5) is 4.18. The maximum atomic E-state index is 6.32. The molecule has 1 aliphatic rings. The van der Waals surface area contributed by atoms with Crippen LogP contribution in [0.15, 0.2) is 42.7 Å². The lowest BCUT2D eigenvalue weighted by molar-refractivity contribution is 0.496. The maximum Gasteiger partial charge on any atom is 0.0318 e. The van der Waals surface area contributed by atoms with Crippen molar-refractivity contribution < 1.29 is 0 Å². The van der Waals surface area contributed by atoms with Gasteiger partial charge in [-0.05, 0) is 54.0 Å². The van der Waals surface area contributed by atoms with Crippen molar-refractivity contribution in [3.05, 3.63) is 65.0 Å². The van der Waals surface area contributed by atoms with Crippen LogP contribution in [0.3, 0.4) is 0 Å². The molecule has 2 N–H and O–H groups in total. The number of hydrogen-bond acceptors (Lipinski definition) is 2. The van der Waals surface area contributed by atoms with Gasteiger partial charge in [0.2, 0.25) is 0 Å². The van der Waals surface area contributed by atoms with Gasteiger partial charge < -0.3 is 5.73 Å². The molecule has 2 atom stereocenters. The first-order valence-corrected chi connectivity index (χ1v) is 6.49. The van der Waals surface area contributed by atoms with Crippen molar-refractivity contribution in [2.45, 2.75) is 31.7 Å². The predicted octanol–water partition coefficient (Wildman–Crippen LogP) is 3.12. The Kier molecular flexibility index (Phi) is 2.88. The second kappa shape index (κ2) is 4.54. The Labute approximate surface area is 108 Å². The SMILES string of the molecule is Cc1ccncc1C(N)CC1Cc2ccccc21. The van der Waals surface area contributed by atoms with Gasteiger partial charge in [-0.25, -0.2) is 0 Å². The van der Waals surface area contributed by atoms with Crippen molar-refractivity contribution >= 4 is 0 Å². The number of hydrogen-bond donors (Lipinski definition) is 1. The summed E-state index contributed by atoms with van der Waals surface area (Å²) in [5.74, 6) is 0.621. The van der Waals surface area contributed by atoms with E-state index in [1.807, 2.05) is 18.5 Å². The highest BCUT2D eigenvalue weighted by Gasteiger charge is 2.27. The molecule has 1 aromatic heterocycles. The average molecular weight is 238 g/mol. The predicted molar refractivity (Wildman–Crippen MR) is 73.4 cm³/mol. The molecular formula is C16H18N2. The molecule has 0 radical (unpaired) electrons. The topological polar surface area (TPSA) is 38.9 Å². The largest absolute Gasteiger partial charge is 0.324 e. The smallest absolute Gasteiger partial charge is 0.0318 e. The summed E-state index contributed by atoms with van der Waals surface area (Å²) in [6.07, 6.45) is 5.92. The highest BCUT2D eigenvalue weighted by atomic mass is 14.7. The second-order valence-corrected chi connectivity index (χ2v) is 5.17. The third-order valence-corrected chi connectivity index (χ3v) is 3.98. The van der Waals surface area contributed by atoms with Gasteiger partial charge in [-0.1, -0.05) is 24.3 Å². The number of aromatic nitrogens is 1. The van der Waals surface area contributed by atoms with Gasteiger partial charge in [0.25, 0.3) is 0 Å². The highest BCUT2D eigenvalue weighted by molar-refractivity contribution is 5.40. The second-order valence-electron chi connectivity index (χ2n) is 5.17. The van der Waals surface area contributed by atoms with E-state index in [2.05, 4.69) is 36.2 Å². The van der Waals surface area contributed by atoms with Crippen molar-refractivity contribution in [1.29, 1.82) is 0 Å². The summed E-state index contributed by atoms with van der Waals surface area (Å²) >= 11 is 0. The van der Waals surface area contributed by atoms with E-state index >= 15 is 0 Å². The molecule has 2 heteroatoms. The zero-order chi connectivity index (χ0) is 12.5. The fourth-order valence-corrected chi connectivity index (χ4v) is 2.87. The minimum Gasteiger partial charge on any atom is -0.324 e. The molecule has 3 rings (SSSR count). The fourth-order valence-electron chi connectivity index (χ4n) is 2.87. The van der Waals surface area contributed by atoms with Crippen LogP contribution < -0.4 is 5.73 Å². The van der Waals surface area contributed by atoms with Gasteiger partial charge >= 0.3 is 0 Å². The van der Waals surface area contributed by atoms with Gasteiger partial charge in [-0.15, -0.1) is 0 Å². The van der Waals surface area contributed by atoms with Crippen LogP contribution in [0.25, 0.3) is 0 Å². The zero-order valence-corrected chi connectivity index (χ0v) is 10.6. The summed E-state index contributed by atoms with van der Waals surface area (Å²) in [5.41, 5.74) is 11.7. The van der Waals surface area contributed by atoms with Crippen LogP contribution in [0.5, 0.6) is 0 Å². The van der Waals surface area contributed by atoms with E-state index in [0.717, 1.165) is 6.42 Å². The van der Waals surface area contributed by atoms with Crippen LogP contribution in [0.2, 0.25) is 0 Å². The molecule has 2 nitrogen and oxygen atoms in total. The molecule has 0 saturated carbocycles. The first-order chi connectivity index (χ1) is 8.75. The molecule has 1 heterocycles. The molecule has 92 valence electrons. The Balaban J connectivity index is 1.74. The average Bonchev–Trinajstić information content (AvgIpc) is 2.36. The summed E-state index contributed by atoms with van der Waals surface area (Å²) in [6.45, 7) is 2.10. The van der Waals surface area contributed by atoms with Crippen LogP contribution in [-0.4, -0.2) is 4.98 Å². The lowest BCUT2D eigenvalue weighted by atomic mass is 9.74. The summed E-state index contributed by atoms with van der Waals surface area (Å²) < 4.78 is 0. The molecule has 0 aliphatic heterocycles. The molecular weight excluding hydrogens is 220 g/mol. The highest BCUT2D eigenvalue weighted by Crippen LogP contribution is 2.40. The van der Waals surface area contributed by atoms with Crippen LogP contribution >= 0.6 is 0 Å². The monoisotopic (exact) mass is 238 g/mol. The number of nitrogens with zero attached hydrogens (tertiary/aromatic N) is 1. The van der Waals surface area contributed by atoms with Gasteiger partial charge in [0.15, 0.2) is 0 Å². The molecule has 1 aromatic carbocycles. The van der Waals surface area contributed by atoms with Gasteiger partial charge in [0.05, 0.1) is 0 Å². The summed E-state index contributed by atoms with van der Waals surface area (Å²) in [6, 6.07) is 10.8. The van der Waals surface area contributed by atoms with Gasteiger partial charge in [0, 0.05) is 18.4 Å². The Hall–Kier alpha value is -1.67. The van der Waals surface area contributed by atoms with Crippen molar-refractivity contribution in [3.8, 4) is 0 Å². The van der Waals surface area contributed by atoms with Crippen molar-refractivity contribution in [2.24, 2.45) is 5.73 Å². The third kappa shape index (κ3) is 1.93. The molecule has 0 amide bonds. The lowest BCUT2D eigenvalue weighted by Gasteiger charge is -2.32. The molecule has 0 spiro atoms. The zero-order valence-electron chi connectivity index (χ0n) is 10.6. The van der Waals surface area contributed by atoms with Crippen LogP contribution in [0.4, 0.5) is 0 Å². The van der Waals surface area contributed by atoms with E-state index in [1.54, 1.807) is 0 Å². The minimum atomic E-state index is 0.0945. The van der Waals surface area contributed by atoms with Crippen LogP contribution in [0, 0.1) is 6.92 Å². The van der Waals surface area contributed by atoms with Crippen molar-refractivity contribution in [1.82, 2.24) is 4.98 Å². The van der Waals surface area contributed by atoms with E-state index in [0.29, 0.717) is 5.92 Å². The van der Waals surface area contributed by atoms with E-state index in [9.17, 15) is 0 Å². The summed E-state index contributed by atoms with van der Waals surface area (Å²) in [7, 11) is 0. The van der Waals surface area contributed by atoms with Gasteiger partial charge in [-0.3, -0.25) is 4.98 Å². The Bertz CT molecular complexity index is 563. The van der Waals surface area contributed by atoms with Crippen LogP contribution in [0.1, 0.15) is 40.6 Å². The number of benzene rings is 1. The number of aryl methyl sites for hydroxylation is 1. The number of rotatable bonds is 3. The van der Waals surface area contributed by atoms with E-state index in [-0.39, 0.29) is 6.04 Å². The lowest BCUT2D eigenvalue weighted by Crippen LogP contribution is -2.23. The standard InChI is InChI=1S/C16H18N2/c1-11-6-7-18-10-15(11)16(17)9-13-8-12-4-2-3-5-14(12)13/h2-7,10,13,16H,8-9,17H2,1H3. The normalized spacial score (nSPS) is 18.9. The van der Waals surface area contributed by atoms with Gasteiger partial charge in [0.1, 0.15) is 0 Å². The quantitative estimate of drug-likeness (QED) is 0.892. The Morgan fingerprint density at radius 2 is 2.17 bits per heavy atom. The molecule has 0 fully saturated rings. The number of nitrogens with two attached hydrogens (primary N) is 1. The maximum absolute atomic E-state index is 6.32. The van der Waals surface area contributed by atoms with Crippen LogP contribution in [-0.2, 0) is 6.42 Å². The fraction of sp³-hybridized carbons (Fsp3) is 0.312. The van der Waals surface area contributed by atoms with E-state index in [4.69, 9.17) is 5.73 Å². The molecule has 0 saturated heterocycles. The molecule has 2 unspecified atom stereocenters. The molecule has 2 aromatic rings. The van der Waals surface area contributed by atoms with Gasteiger partial charge in [-0.2, -0.15) is 0 Å². The first kappa shape index (κ1) is 11.4. The minimum absolute atomic E-state index is 0.0945. The van der Waals surface area contributed by atoms with Crippen molar-refractivity contribution in [3.63, 3.8) is 0 Å². The third-order valence-electron chi connectivity index (χ3n) is 3.98. The van der Waals surface area contributed by atoms with E-state index in [1.165, 1.54) is 28.7 Å². The number of fused-ring (bicyclic) bond motifs is 1.